The van der Waals surface area contributed by atoms with Crippen molar-refractivity contribution >= 4 is 5.97 Å². The number of carboxylic acids is 1. The van der Waals surface area contributed by atoms with Gasteiger partial charge in [-0.25, -0.2) is 4.79 Å². The van der Waals surface area contributed by atoms with Crippen LogP contribution < -0.4 is 9.47 Å². The van der Waals surface area contributed by atoms with Crippen LogP contribution >= 0.6 is 0 Å². The predicted octanol–water partition coefficient (Wildman–Crippen LogP) is 4.88. The maximum atomic E-state index is 12.7. The summed E-state index contributed by atoms with van der Waals surface area (Å²) in [6.45, 7) is 4.58. The molecule has 0 spiro atoms. The van der Waals surface area contributed by atoms with Crippen molar-refractivity contribution in [1.82, 2.24) is 10.2 Å². The third kappa shape index (κ3) is 5.33. The first-order valence-corrected chi connectivity index (χ1v) is 9.11. The molecule has 0 saturated carbocycles. The molecule has 3 aromatic rings. The maximum absolute atomic E-state index is 12.7. The third-order valence-corrected chi connectivity index (χ3v) is 4.31. The van der Waals surface area contributed by atoms with Gasteiger partial charge in [0.25, 0.3) is 5.89 Å². The Morgan fingerprint density at radius 2 is 1.77 bits per heavy atom. The van der Waals surface area contributed by atoms with Crippen LogP contribution in [0.1, 0.15) is 30.9 Å². The van der Waals surface area contributed by atoms with Gasteiger partial charge in [0.15, 0.2) is 12.2 Å². The number of benzene rings is 2. The lowest BCUT2D eigenvalue weighted by molar-refractivity contribution is -0.152. The minimum Gasteiger partial charge on any atom is -0.484 e. The van der Waals surface area contributed by atoms with Crippen molar-refractivity contribution in [1.29, 1.82) is 0 Å². The fraction of sp³-hybridized carbons (Fsp3) is 0.286. The van der Waals surface area contributed by atoms with E-state index in [1.807, 2.05) is 0 Å². The van der Waals surface area contributed by atoms with Gasteiger partial charge in [0.2, 0.25) is 5.89 Å². The van der Waals surface area contributed by atoms with Crippen LogP contribution in [0.2, 0.25) is 0 Å². The lowest BCUT2D eigenvalue weighted by Gasteiger charge is -2.22. The zero-order valence-corrected chi connectivity index (χ0v) is 16.9. The van der Waals surface area contributed by atoms with E-state index in [9.17, 15) is 18.0 Å². The number of hydrogen-bond acceptors (Lipinski definition) is 6. The fourth-order valence-corrected chi connectivity index (χ4v) is 2.52. The molecule has 0 saturated heterocycles. The minimum atomic E-state index is -4.42. The van der Waals surface area contributed by atoms with Gasteiger partial charge in [0, 0.05) is 5.56 Å². The van der Waals surface area contributed by atoms with E-state index in [0.29, 0.717) is 22.6 Å². The number of halogens is 3. The fourth-order valence-electron chi connectivity index (χ4n) is 2.52. The predicted molar refractivity (Wildman–Crippen MR) is 103 cm³/mol. The van der Waals surface area contributed by atoms with Gasteiger partial charge in [-0.1, -0.05) is 0 Å². The molecule has 2 aromatic carbocycles. The number of alkyl halides is 3. The summed E-state index contributed by atoms with van der Waals surface area (Å²) in [6.07, 6.45) is -4.42. The molecule has 1 heterocycles. The monoisotopic (exact) mass is 436 g/mol. The molecule has 10 heteroatoms. The largest absolute Gasteiger partial charge is 0.484 e. The molecule has 3 rings (SSSR count). The number of aryl methyl sites for hydroxylation is 1. The lowest BCUT2D eigenvalue weighted by Crippen LogP contribution is -2.38. The summed E-state index contributed by atoms with van der Waals surface area (Å²) < 4.78 is 54.5. The van der Waals surface area contributed by atoms with Crippen LogP contribution in [0.4, 0.5) is 13.2 Å². The van der Waals surface area contributed by atoms with Crippen LogP contribution in [0.5, 0.6) is 11.5 Å². The highest BCUT2D eigenvalue weighted by atomic mass is 19.4. The normalized spacial score (nSPS) is 11.9. The molecule has 0 atom stereocenters. The zero-order chi connectivity index (χ0) is 22.8. The highest BCUT2D eigenvalue weighted by Gasteiger charge is 2.31. The summed E-state index contributed by atoms with van der Waals surface area (Å²) >= 11 is 0. The lowest BCUT2D eigenvalue weighted by atomic mass is 10.1. The summed E-state index contributed by atoms with van der Waals surface area (Å²) in [6, 6.07) is 9.25. The van der Waals surface area contributed by atoms with Crippen LogP contribution in [-0.4, -0.2) is 26.9 Å². The average molecular weight is 436 g/mol. The van der Waals surface area contributed by atoms with E-state index in [1.165, 1.54) is 26.0 Å². The third-order valence-electron chi connectivity index (χ3n) is 4.31. The van der Waals surface area contributed by atoms with Crippen molar-refractivity contribution in [3.05, 3.63) is 59.5 Å². The Balaban J connectivity index is 1.64. The molecule has 0 aliphatic carbocycles. The molecule has 31 heavy (non-hydrogen) atoms. The molecule has 1 N–H and O–H groups in total. The Labute approximate surface area is 175 Å². The van der Waals surface area contributed by atoms with Crippen LogP contribution in [-0.2, 0) is 17.6 Å². The van der Waals surface area contributed by atoms with Gasteiger partial charge in [-0.15, -0.1) is 10.2 Å². The number of ether oxygens (including phenoxy) is 2. The molecule has 0 radical (unpaired) electrons. The molecule has 0 fully saturated rings. The van der Waals surface area contributed by atoms with Gasteiger partial charge in [-0.3, -0.25) is 0 Å². The second-order valence-electron chi connectivity index (χ2n) is 7.21. The van der Waals surface area contributed by atoms with Crippen molar-refractivity contribution in [2.24, 2.45) is 0 Å². The van der Waals surface area contributed by atoms with Gasteiger partial charge in [-0.2, -0.15) is 13.2 Å². The second-order valence-corrected chi connectivity index (χ2v) is 7.21. The van der Waals surface area contributed by atoms with Crippen molar-refractivity contribution in [2.75, 3.05) is 0 Å². The first kappa shape index (κ1) is 22.1. The number of hydrogen-bond donors (Lipinski definition) is 1. The van der Waals surface area contributed by atoms with E-state index in [-0.39, 0.29) is 18.4 Å². The molecule has 0 aliphatic heterocycles. The van der Waals surface area contributed by atoms with Gasteiger partial charge in [-0.05, 0) is 68.8 Å². The van der Waals surface area contributed by atoms with E-state index in [4.69, 9.17) is 19.0 Å². The summed E-state index contributed by atoms with van der Waals surface area (Å²) in [5.41, 5.74) is -1.13. The van der Waals surface area contributed by atoms with E-state index in [2.05, 4.69) is 10.2 Å². The van der Waals surface area contributed by atoms with E-state index >= 15 is 0 Å². The standard InChI is InChI=1S/C21H19F3N2O5/c1-12-10-15(8-9-16(12)31-20(2,3)19(27)28)29-11-17-25-26-18(30-17)13-4-6-14(7-5-13)21(22,23)24/h4-10H,11H2,1-3H3,(H,27,28). The molecular weight excluding hydrogens is 417 g/mol. The molecule has 1 aromatic heterocycles. The van der Waals surface area contributed by atoms with E-state index in [1.54, 1.807) is 25.1 Å². The molecule has 164 valence electrons. The number of rotatable bonds is 7. The molecule has 0 bridgehead atoms. The quantitative estimate of drug-likeness (QED) is 0.564. The Kier molecular flexibility index (Phi) is 5.92. The zero-order valence-electron chi connectivity index (χ0n) is 16.9. The number of aromatic nitrogens is 2. The Morgan fingerprint density at radius 1 is 1.10 bits per heavy atom. The average Bonchev–Trinajstić information content (AvgIpc) is 3.16. The van der Waals surface area contributed by atoms with Crippen molar-refractivity contribution < 1.29 is 37.0 Å². The first-order valence-electron chi connectivity index (χ1n) is 9.11. The molecule has 0 aliphatic rings. The van der Waals surface area contributed by atoms with E-state index in [0.717, 1.165) is 12.1 Å². The molecule has 0 unspecified atom stereocenters. The summed E-state index contributed by atoms with van der Waals surface area (Å²) in [7, 11) is 0. The Morgan fingerprint density at radius 3 is 2.35 bits per heavy atom. The summed E-state index contributed by atoms with van der Waals surface area (Å²) in [4.78, 5) is 11.2. The van der Waals surface area contributed by atoms with Crippen molar-refractivity contribution in [3.63, 3.8) is 0 Å². The van der Waals surface area contributed by atoms with Gasteiger partial charge in [0.05, 0.1) is 5.56 Å². The van der Waals surface area contributed by atoms with Crippen LogP contribution in [0.15, 0.2) is 46.9 Å². The van der Waals surface area contributed by atoms with Crippen LogP contribution in [0, 0.1) is 6.92 Å². The minimum absolute atomic E-state index is 0.0616. The molecular formula is C21H19F3N2O5. The van der Waals surface area contributed by atoms with Crippen molar-refractivity contribution in [3.8, 4) is 23.0 Å². The highest BCUT2D eigenvalue weighted by Crippen LogP contribution is 2.31. The van der Waals surface area contributed by atoms with Gasteiger partial charge >= 0.3 is 12.1 Å². The topological polar surface area (TPSA) is 94.7 Å². The van der Waals surface area contributed by atoms with E-state index < -0.39 is 23.3 Å². The number of aliphatic carboxylic acids is 1. The van der Waals surface area contributed by atoms with Gasteiger partial charge in [0.1, 0.15) is 11.5 Å². The number of carboxylic acid groups (broad SMARTS) is 1. The number of nitrogens with zero attached hydrogens (tertiary/aromatic N) is 2. The number of carbonyl (C=O) groups is 1. The van der Waals surface area contributed by atoms with Crippen molar-refractivity contribution in [2.45, 2.75) is 39.2 Å². The first-order chi connectivity index (χ1) is 14.5. The Hall–Kier alpha value is -3.56. The molecule has 7 nitrogen and oxygen atoms in total. The maximum Gasteiger partial charge on any atom is 0.416 e. The summed E-state index contributed by atoms with van der Waals surface area (Å²) in [5.74, 6) is -0.00935. The van der Waals surface area contributed by atoms with Crippen LogP contribution in [0.25, 0.3) is 11.5 Å². The van der Waals surface area contributed by atoms with Crippen LogP contribution in [0.3, 0.4) is 0 Å². The van der Waals surface area contributed by atoms with Gasteiger partial charge < -0.3 is 19.0 Å². The highest BCUT2D eigenvalue weighted by molar-refractivity contribution is 5.76. The Bertz CT molecular complexity index is 1080. The second kappa shape index (κ2) is 8.29. The summed E-state index contributed by atoms with van der Waals surface area (Å²) in [5, 5.41) is 16.8. The SMILES string of the molecule is Cc1cc(OCc2nnc(-c3ccc(C(F)(F)F)cc3)o2)ccc1OC(C)(C)C(=O)O. The molecule has 0 amide bonds. The smallest absolute Gasteiger partial charge is 0.416 e.